The van der Waals surface area contributed by atoms with Gasteiger partial charge in [0.05, 0.1) is 6.20 Å². The zero-order valence-electron chi connectivity index (χ0n) is 14.9. The molecule has 0 radical (unpaired) electrons. The van der Waals surface area contributed by atoms with Crippen LogP contribution in [-0.4, -0.2) is 30.7 Å². The molecule has 0 bridgehead atoms. The Morgan fingerprint density at radius 1 is 1.23 bits per heavy atom. The summed E-state index contributed by atoms with van der Waals surface area (Å²) in [5.74, 6) is 2.20. The van der Waals surface area contributed by atoms with Crippen LogP contribution in [0.4, 0.5) is 0 Å². The minimum Gasteiger partial charge on any atom is -0.303 e. The summed E-state index contributed by atoms with van der Waals surface area (Å²) in [5.41, 5.74) is 1.28. The summed E-state index contributed by atoms with van der Waals surface area (Å²) in [4.78, 5) is 1.37. The Labute approximate surface area is 162 Å². The van der Waals surface area contributed by atoms with Crippen LogP contribution in [0.2, 0.25) is 0 Å². The van der Waals surface area contributed by atoms with Gasteiger partial charge >= 0.3 is 0 Å². The minimum atomic E-state index is 0.574. The SMILES string of the molecule is c1csc(Cc2nnc(SCCCc3cn[nH]c3)n2C2CCCCC2)c1. The molecule has 1 aliphatic carbocycles. The van der Waals surface area contributed by atoms with Crippen LogP contribution in [0.5, 0.6) is 0 Å². The molecule has 1 fully saturated rings. The summed E-state index contributed by atoms with van der Waals surface area (Å²) in [7, 11) is 0. The molecule has 0 aromatic carbocycles. The smallest absolute Gasteiger partial charge is 0.191 e. The molecule has 3 aromatic heterocycles. The van der Waals surface area contributed by atoms with Gasteiger partial charge in [-0.25, -0.2) is 0 Å². The van der Waals surface area contributed by atoms with Crippen molar-refractivity contribution in [1.82, 2.24) is 25.0 Å². The Bertz CT molecular complexity index is 773. The summed E-state index contributed by atoms with van der Waals surface area (Å²) in [6.45, 7) is 0. The number of nitrogens with zero attached hydrogens (tertiary/aromatic N) is 4. The molecule has 0 atom stereocenters. The highest BCUT2D eigenvalue weighted by molar-refractivity contribution is 7.99. The van der Waals surface area contributed by atoms with Crippen LogP contribution in [0.15, 0.2) is 35.1 Å². The van der Waals surface area contributed by atoms with E-state index in [1.54, 1.807) is 11.3 Å². The van der Waals surface area contributed by atoms with Crippen LogP contribution in [0, 0.1) is 0 Å². The lowest BCUT2D eigenvalue weighted by Gasteiger charge is -2.25. The molecular formula is C19H25N5S2. The third-order valence-corrected chi connectivity index (χ3v) is 6.89. The predicted molar refractivity (Wildman–Crippen MR) is 107 cm³/mol. The molecule has 1 saturated carbocycles. The Morgan fingerprint density at radius 3 is 2.92 bits per heavy atom. The van der Waals surface area contributed by atoms with Crippen LogP contribution in [-0.2, 0) is 12.8 Å². The van der Waals surface area contributed by atoms with Gasteiger partial charge in [-0.15, -0.1) is 21.5 Å². The lowest BCUT2D eigenvalue weighted by atomic mass is 9.95. The molecule has 4 rings (SSSR count). The second-order valence-corrected chi connectivity index (χ2v) is 8.97. The van der Waals surface area contributed by atoms with Crippen molar-refractivity contribution < 1.29 is 0 Å². The van der Waals surface area contributed by atoms with E-state index in [2.05, 4.69) is 42.5 Å². The topological polar surface area (TPSA) is 59.4 Å². The molecule has 3 aromatic rings. The average molecular weight is 388 g/mol. The summed E-state index contributed by atoms with van der Waals surface area (Å²) >= 11 is 3.66. The average Bonchev–Trinajstić information content (AvgIpc) is 3.43. The van der Waals surface area contributed by atoms with Crippen molar-refractivity contribution in [2.45, 2.75) is 62.6 Å². The van der Waals surface area contributed by atoms with E-state index in [1.165, 1.54) is 42.5 Å². The van der Waals surface area contributed by atoms with E-state index in [9.17, 15) is 0 Å². The monoisotopic (exact) mass is 387 g/mol. The van der Waals surface area contributed by atoms with Gasteiger partial charge in [0.25, 0.3) is 0 Å². The second kappa shape index (κ2) is 8.86. The first-order valence-corrected chi connectivity index (χ1v) is 11.3. The zero-order valence-corrected chi connectivity index (χ0v) is 16.6. The standard InChI is InChI=1S/C19H25N5S2/c1-2-7-16(8-3-1)24-18(12-17-9-5-10-25-17)22-23-19(24)26-11-4-6-15-13-20-21-14-15/h5,9-10,13-14,16H,1-4,6-8,11-12H2,(H,20,21). The van der Waals surface area contributed by atoms with Crippen LogP contribution in [0.25, 0.3) is 0 Å². The van der Waals surface area contributed by atoms with Crippen molar-refractivity contribution in [3.63, 3.8) is 0 Å². The molecule has 1 N–H and O–H groups in total. The molecule has 0 spiro atoms. The van der Waals surface area contributed by atoms with E-state index < -0.39 is 0 Å². The van der Waals surface area contributed by atoms with E-state index in [0.29, 0.717) is 6.04 Å². The highest BCUT2D eigenvalue weighted by atomic mass is 32.2. The van der Waals surface area contributed by atoms with Crippen molar-refractivity contribution in [1.29, 1.82) is 0 Å². The van der Waals surface area contributed by atoms with Crippen molar-refractivity contribution >= 4 is 23.1 Å². The molecule has 0 aliphatic heterocycles. The van der Waals surface area contributed by atoms with Gasteiger partial charge in [0.1, 0.15) is 5.82 Å². The number of hydrogen-bond acceptors (Lipinski definition) is 5. The number of aromatic nitrogens is 5. The lowest BCUT2D eigenvalue weighted by molar-refractivity contribution is 0.330. The van der Waals surface area contributed by atoms with Gasteiger partial charge in [-0.1, -0.05) is 37.1 Å². The number of thioether (sulfide) groups is 1. The summed E-state index contributed by atoms with van der Waals surface area (Å²) in [6, 6.07) is 4.89. The van der Waals surface area contributed by atoms with Crippen molar-refractivity contribution in [2.75, 3.05) is 5.75 Å². The van der Waals surface area contributed by atoms with Gasteiger partial charge in [-0.2, -0.15) is 5.10 Å². The number of thiophene rings is 1. The molecule has 138 valence electrons. The number of aryl methyl sites for hydroxylation is 1. The predicted octanol–water partition coefficient (Wildman–Crippen LogP) is 4.88. The van der Waals surface area contributed by atoms with Gasteiger partial charge in [0, 0.05) is 29.3 Å². The Hall–Kier alpha value is -1.60. The Balaban J connectivity index is 1.44. The third-order valence-electron chi connectivity index (χ3n) is 4.98. The summed E-state index contributed by atoms with van der Waals surface area (Å²) in [6.07, 6.45) is 13.5. The third kappa shape index (κ3) is 4.38. The van der Waals surface area contributed by atoms with E-state index in [-0.39, 0.29) is 0 Å². The van der Waals surface area contributed by atoms with E-state index >= 15 is 0 Å². The van der Waals surface area contributed by atoms with Crippen molar-refractivity contribution in [3.8, 4) is 0 Å². The number of aromatic amines is 1. The molecular weight excluding hydrogens is 362 g/mol. The number of rotatable bonds is 8. The van der Waals surface area contributed by atoms with E-state index in [1.807, 2.05) is 24.2 Å². The minimum absolute atomic E-state index is 0.574. The van der Waals surface area contributed by atoms with Gasteiger partial charge in [-0.05, 0) is 42.7 Å². The van der Waals surface area contributed by atoms with Crippen LogP contribution >= 0.6 is 23.1 Å². The van der Waals surface area contributed by atoms with Crippen LogP contribution in [0.1, 0.15) is 60.8 Å². The molecule has 3 heterocycles. The molecule has 0 amide bonds. The van der Waals surface area contributed by atoms with Gasteiger partial charge < -0.3 is 4.57 Å². The highest BCUT2D eigenvalue weighted by Crippen LogP contribution is 2.33. The highest BCUT2D eigenvalue weighted by Gasteiger charge is 2.23. The summed E-state index contributed by atoms with van der Waals surface area (Å²) < 4.78 is 2.46. The molecule has 26 heavy (non-hydrogen) atoms. The lowest BCUT2D eigenvalue weighted by Crippen LogP contribution is -2.16. The normalized spacial score (nSPS) is 15.5. The first-order chi connectivity index (χ1) is 12.9. The Kier molecular flexibility index (Phi) is 6.07. The van der Waals surface area contributed by atoms with Crippen LogP contribution < -0.4 is 0 Å². The van der Waals surface area contributed by atoms with E-state index in [4.69, 9.17) is 0 Å². The first-order valence-electron chi connectivity index (χ1n) is 9.47. The number of H-pyrrole nitrogens is 1. The summed E-state index contributed by atoms with van der Waals surface area (Å²) in [5, 5.41) is 19.3. The van der Waals surface area contributed by atoms with Gasteiger partial charge in [-0.3, -0.25) is 5.10 Å². The van der Waals surface area contributed by atoms with Gasteiger partial charge in [0.2, 0.25) is 0 Å². The fourth-order valence-electron chi connectivity index (χ4n) is 3.66. The zero-order chi connectivity index (χ0) is 17.6. The molecule has 0 saturated heterocycles. The molecule has 7 heteroatoms. The van der Waals surface area contributed by atoms with Crippen molar-refractivity contribution in [2.24, 2.45) is 0 Å². The fraction of sp³-hybridized carbons (Fsp3) is 0.526. The largest absolute Gasteiger partial charge is 0.303 e. The number of hydrogen-bond donors (Lipinski definition) is 1. The maximum Gasteiger partial charge on any atom is 0.191 e. The fourth-order valence-corrected chi connectivity index (χ4v) is 5.32. The maximum atomic E-state index is 4.58. The molecule has 0 unspecified atom stereocenters. The van der Waals surface area contributed by atoms with Crippen molar-refractivity contribution in [3.05, 3.63) is 46.2 Å². The second-order valence-electron chi connectivity index (χ2n) is 6.88. The van der Waals surface area contributed by atoms with Gasteiger partial charge in [0.15, 0.2) is 5.16 Å². The quantitative estimate of drug-likeness (QED) is 0.442. The number of nitrogens with one attached hydrogen (secondary N) is 1. The van der Waals surface area contributed by atoms with Crippen LogP contribution in [0.3, 0.4) is 0 Å². The first kappa shape index (κ1) is 17.8. The van der Waals surface area contributed by atoms with E-state index in [0.717, 1.165) is 36.0 Å². The maximum absolute atomic E-state index is 4.58. The molecule has 5 nitrogen and oxygen atoms in total. The Morgan fingerprint density at radius 2 is 2.15 bits per heavy atom. The molecule has 1 aliphatic rings.